The molecule has 1 fully saturated rings. The summed E-state index contributed by atoms with van der Waals surface area (Å²) in [6, 6.07) is 2.18. The summed E-state index contributed by atoms with van der Waals surface area (Å²) in [6.45, 7) is 3.48. The Morgan fingerprint density at radius 1 is 1.75 bits per heavy atom. The standard InChI is InChI=1S/C11H17N3O2/c1-8-6-9(2-4-12-8)11(15)13-7-10-3-5-16-14-10/h3,5,8-9,12H,2,4,6-7H2,1H3,(H,13,15). The molecule has 2 rings (SSSR count). The van der Waals surface area contributed by atoms with Gasteiger partial charge in [-0.25, -0.2) is 0 Å². The quantitative estimate of drug-likeness (QED) is 0.790. The van der Waals surface area contributed by atoms with Crippen molar-refractivity contribution in [2.24, 2.45) is 5.92 Å². The van der Waals surface area contributed by atoms with Crippen LogP contribution in [0.25, 0.3) is 0 Å². The van der Waals surface area contributed by atoms with Crippen molar-refractivity contribution in [1.29, 1.82) is 0 Å². The molecule has 0 aliphatic carbocycles. The number of nitrogens with zero attached hydrogens (tertiary/aromatic N) is 1. The van der Waals surface area contributed by atoms with E-state index in [2.05, 4.69) is 22.7 Å². The molecule has 2 heterocycles. The fourth-order valence-electron chi connectivity index (χ4n) is 2.02. The van der Waals surface area contributed by atoms with E-state index in [1.54, 1.807) is 6.07 Å². The normalized spacial score (nSPS) is 25.3. The number of piperidine rings is 1. The van der Waals surface area contributed by atoms with E-state index in [0.717, 1.165) is 25.1 Å². The molecule has 2 atom stereocenters. The van der Waals surface area contributed by atoms with Gasteiger partial charge < -0.3 is 15.2 Å². The minimum atomic E-state index is 0.122. The van der Waals surface area contributed by atoms with Gasteiger partial charge in [0.05, 0.1) is 6.54 Å². The van der Waals surface area contributed by atoms with Crippen molar-refractivity contribution in [3.05, 3.63) is 18.0 Å². The first-order chi connectivity index (χ1) is 7.75. The number of carbonyl (C=O) groups is 1. The van der Waals surface area contributed by atoms with Gasteiger partial charge in [0.1, 0.15) is 12.0 Å². The van der Waals surface area contributed by atoms with Crippen LogP contribution in [-0.4, -0.2) is 23.7 Å². The SMILES string of the molecule is CC1CC(C(=O)NCc2ccon2)CCN1. The summed E-state index contributed by atoms with van der Waals surface area (Å²) >= 11 is 0. The first-order valence-electron chi connectivity index (χ1n) is 5.66. The highest BCUT2D eigenvalue weighted by Crippen LogP contribution is 2.16. The van der Waals surface area contributed by atoms with Gasteiger partial charge in [-0.3, -0.25) is 4.79 Å². The van der Waals surface area contributed by atoms with Crippen LogP contribution in [0.5, 0.6) is 0 Å². The van der Waals surface area contributed by atoms with E-state index in [1.165, 1.54) is 6.26 Å². The Morgan fingerprint density at radius 2 is 2.62 bits per heavy atom. The number of rotatable bonds is 3. The van der Waals surface area contributed by atoms with Crippen LogP contribution in [0.15, 0.2) is 16.9 Å². The first kappa shape index (κ1) is 11.1. The molecule has 0 radical (unpaired) electrons. The average Bonchev–Trinajstić information content (AvgIpc) is 2.78. The molecule has 0 aromatic carbocycles. The number of hydrogen-bond acceptors (Lipinski definition) is 4. The molecule has 1 saturated heterocycles. The second-order valence-corrected chi connectivity index (χ2v) is 4.29. The zero-order valence-electron chi connectivity index (χ0n) is 9.40. The van der Waals surface area contributed by atoms with E-state index in [0.29, 0.717) is 12.6 Å². The van der Waals surface area contributed by atoms with Gasteiger partial charge >= 0.3 is 0 Å². The zero-order chi connectivity index (χ0) is 11.4. The molecule has 1 aliphatic rings. The molecule has 5 heteroatoms. The summed E-state index contributed by atoms with van der Waals surface area (Å²) in [5, 5.41) is 9.96. The molecule has 16 heavy (non-hydrogen) atoms. The van der Waals surface area contributed by atoms with Gasteiger partial charge in [-0.05, 0) is 26.3 Å². The van der Waals surface area contributed by atoms with Crippen LogP contribution >= 0.6 is 0 Å². The van der Waals surface area contributed by atoms with Gasteiger partial charge in [-0.1, -0.05) is 5.16 Å². The third-order valence-electron chi connectivity index (χ3n) is 2.93. The lowest BCUT2D eigenvalue weighted by Gasteiger charge is -2.26. The Balaban J connectivity index is 1.79. The van der Waals surface area contributed by atoms with Gasteiger partial charge in [0.15, 0.2) is 0 Å². The van der Waals surface area contributed by atoms with Gasteiger partial charge in [0.2, 0.25) is 5.91 Å². The predicted molar refractivity (Wildman–Crippen MR) is 58.5 cm³/mol. The Morgan fingerprint density at radius 3 is 3.31 bits per heavy atom. The topological polar surface area (TPSA) is 67.2 Å². The number of amides is 1. The van der Waals surface area contributed by atoms with Gasteiger partial charge in [0.25, 0.3) is 0 Å². The third kappa shape index (κ3) is 2.82. The van der Waals surface area contributed by atoms with Crippen molar-refractivity contribution in [2.45, 2.75) is 32.4 Å². The Bertz CT molecular complexity index is 337. The lowest BCUT2D eigenvalue weighted by atomic mass is 9.92. The Hall–Kier alpha value is -1.36. The second-order valence-electron chi connectivity index (χ2n) is 4.29. The van der Waals surface area contributed by atoms with Crippen LogP contribution in [0, 0.1) is 5.92 Å². The molecule has 2 unspecified atom stereocenters. The molecular formula is C11H17N3O2. The van der Waals surface area contributed by atoms with E-state index in [4.69, 9.17) is 4.52 Å². The summed E-state index contributed by atoms with van der Waals surface area (Å²) in [4.78, 5) is 11.8. The number of aromatic nitrogens is 1. The lowest BCUT2D eigenvalue weighted by molar-refractivity contribution is -0.126. The van der Waals surface area contributed by atoms with Gasteiger partial charge in [-0.2, -0.15) is 0 Å². The van der Waals surface area contributed by atoms with Gasteiger partial charge in [-0.15, -0.1) is 0 Å². The average molecular weight is 223 g/mol. The van der Waals surface area contributed by atoms with Crippen molar-refractivity contribution in [2.75, 3.05) is 6.54 Å². The van der Waals surface area contributed by atoms with E-state index >= 15 is 0 Å². The van der Waals surface area contributed by atoms with Crippen molar-refractivity contribution in [3.8, 4) is 0 Å². The third-order valence-corrected chi connectivity index (χ3v) is 2.93. The molecule has 1 amide bonds. The molecule has 0 bridgehead atoms. The van der Waals surface area contributed by atoms with Crippen LogP contribution in [0.3, 0.4) is 0 Å². The maximum absolute atomic E-state index is 11.8. The number of nitrogens with one attached hydrogen (secondary N) is 2. The van der Waals surface area contributed by atoms with E-state index in [9.17, 15) is 4.79 Å². The van der Waals surface area contributed by atoms with Crippen LogP contribution in [0.2, 0.25) is 0 Å². The smallest absolute Gasteiger partial charge is 0.223 e. The first-order valence-corrected chi connectivity index (χ1v) is 5.66. The Kier molecular flexibility index (Phi) is 3.56. The highest BCUT2D eigenvalue weighted by molar-refractivity contribution is 5.78. The maximum atomic E-state index is 11.8. The molecule has 5 nitrogen and oxygen atoms in total. The summed E-state index contributed by atoms with van der Waals surface area (Å²) in [7, 11) is 0. The second kappa shape index (κ2) is 5.12. The summed E-state index contributed by atoms with van der Waals surface area (Å²) in [5.41, 5.74) is 0.760. The van der Waals surface area contributed by atoms with Crippen molar-refractivity contribution in [1.82, 2.24) is 15.8 Å². The molecular weight excluding hydrogens is 206 g/mol. The fourth-order valence-corrected chi connectivity index (χ4v) is 2.02. The monoisotopic (exact) mass is 223 g/mol. The van der Waals surface area contributed by atoms with Crippen molar-refractivity contribution >= 4 is 5.91 Å². The van der Waals surface area contributed by atoms with Crippen LogP contribution in [0.4, 0.5) is 0 Å². The zero-order valence-corrected chi connectivity index (χ0v) is 9.40. The molecule has 0 saturated carbocycles. The highest BCUT2D eigenvalue weighted by Gasteiger charge is 2.24. The Labute approximate surface area is 94.6 Å². The number of hydrogen-bond donors (Lipinski definition) is 2. The minimum absolute atomic E-state index is 0.122. The largest absolute Gasteiger partial charge is 0.364 e. The van der Waals surface area contributed by atoms with Crippen molar-refractivity contribution < 1.29 is 9.32 Å². The molecule has 2 N–H and O–H groups in total. The molecule has 88 valence electrons. The summed E-state index contributed by atoms with van der Waals surface area (Å²) in [6.07, 6.45) is 3.33. The fraction of sp³-hybridized carbons (Fsp3) is 0.636. The van der Waals surface area contributed by atoms with Gasteiger partial charge in [0, 0.05) is 18.0 Å². The van der Waals surface area contributed by atoms with Crippen molar-refractivity contribution in [3.63, 3.8) is 0 Å². The van der Waals surface area contributed by atoms with E-state index in [1.807, 2.05) is 0 Å². The molecule has 1 aromatic rings. The lowest BCUT2D eigenvalue weighted by Crippen LogP contribution is -2.42. The predicted octanol–water partition coefficient (Wildman–Crippen LogP) is 0.679. The van der Waals surface area contributed by atoms with Crippen LogP contribution in [0.1, 0.15) is 25.5 Å². The maximum Gasteiger partial charge on any atom is 0.223 e. The minimum Gasteiger partial charge on any atom is -0.364 e. The van der Waals surface area contributed by atoms with E-state index < -0.39 is 0 Å². The summed E-state index contributed by atoms with van der Waals surface area (Å²) in [5.74, 6) is 0.250. The molecule has 1 aliphatic heterocycles. The highest BCUT2D eigenvalue weighted by atomic mass is 16.5. The van der Waals surface area contributed by atoms with E-state index in [-0.39, 0.29) is 11.8 Å². The number of carbonyl (C=O) groups excluding carboxylic acids is 1. The molecule has 1 aromatic heterocycles. The van der Waals surface area contributed by atoms with Crippen LogP contribution < -0.4 is 10.6 Å². The summed E-state index contributed by atoms with van der Waals surface area (Å²) < 4.78 is 4.70. The van der Waals surface area contributed by atoms with Crippen LogP contribution in [-0.2, 0) is 11.3 Å². The molecule has 0 spiro atoms.